The van der Waals surface area contributed by atoms with Crippen LogP contribution in [0.15, 0.2) is 24.3 Å². The molecule has 1 amide bonds. The fourth-order valence-electron chi connectivity index (χ4n) is 5.49. The van der Waals surface area contributed by atoms with Crippen LogP contribution in [0.3, 0.4) is 0 Å². The number of carbonyl (C=O) groups is 3. The highest BCUT2D eigenvalue weighted by Gasteiger charge is 2.36. The van der Waals surface area contributed by atoms with E-state index in [0.29, 0.717) is 31.8 Å². The van der Waals surface area contributed by atoms with Crippen LogP contribution in [0.25, 0.3) is 0 Å². The monoisotopic (exact) mass is 500 g/mol. The molecular formula is C29H44N2O5. The summed E-state index contributed by atoms with van der Waals surface area (Å²) in [6.07, 6.45) is 7.88. The van der Waals surface area contributed by atoms with Gasteiger partial charge in [-0.15, -0.1) is 0 Å². The van der Waals surface area contributed by atoms with Gasteiger partial charge in [-0.2, -0.15) is 0 Å². The maximum Gasteiger partial charge on any atom is 0.326 e. The third-order valence-corrected chi connectivity index (χ3v) is 7.20. The summed E-state index contributed by atoms with van der Waals surface area (Å²) in [4.78, 5) is 40.9. The van der Waals surface area contributed by atoms with E-state index < -0.39 is 23.7 Å². The van der Waals surface area contributed by atoms with Crippen LogP contribution in [0.4, 0.5) is 0 Å². The Hall–Kier alpha value is -2.41. The lowest BCUT2D eigenvalue weighted by molar-refractivity contribution is -0.160. The predicted octanol–water partition coefficient (Wildman–Crippen LogP) is 4.20. The van der Waals surface area contributed by atoms with Gasteiger partial charge in [-0.05, 0) is 77.3 Å². The van der Waals surface area contributed by atoms with Gasteiger partial charge in [-0.25, -0.2) is 0 Å². The molecular weight excluding hydrogens is 456 g/mol. The van der Waals surface area contributed by atoms with E-state index in [1.807, 2.05) is 32.9 Å². The van der Waals surface area contributed by atoms with Crippen LogP contribution in [-0.2, 0) is 36.7 Å². The first-order valence-electron chi connectivity index (χ1n) is 13.6. The molecule has 36 heavy (non-hydrogen) atoms. The number of fused-ring (bicyclic) bond motifs is 1. The number of nitrogens with one attached hydrogen (secondary N) is 1. The molecule has 0 saturated heterocycles. The molecule has 0 aromatic heterocycles. The molecule has 0 heterocycles. The lowest BCUT2D eigenvalue weighted by atomic mass is 9.98. The van der Waals surface area contributed by atoms with Crippen LogP contribution in [0.2, 0.25) is 0 Å². The van der Waals surface area contributed by atoms with E-state index in [0.717, 1.165) is 6.42 Å². The molecule has 2 atom stereocenters. The minimum absolute atomic E-state index is 0.118. The second kappa shape index (κ2) is 12.7. The molecule has 0 radical (unpaired) electrons. The number of amides is 1. The van der Waals surface area contributed by atoms with Crippen LogP contribution in [0, 0.1) is 5.92 Å². The van der Waals surface area contributed by atoms with Crippen molar-refractivity contribution in [1.82, 2.24) is 10.2 Å². The van der Waals surface area contributed by atoms with Gasteiger partial charge in [0.05, 0.1) is 12.6 Å². The van der Waals surface area contributed by atoms with E-state index in [4.69, 9.17) is 9.47 Å². The minimum Gasteiger partial charge on any atom is -0.465 e. The van der Waals surface area contributed by atoms with E-state index in [1.165, 1.54) is 36.8 Å². The summed E-state index contributed by atoms with van der Waals surface area (Å²) in [6, 6.07) is 6.83. The van der Waals surface area contributed by atoms with Crippen molar-refractivity contribution in [3.8, 4) is 0 Å². The molecule has 3 rings (SSSR count). The summed E-state index contributed by atoms with van der Waals surface area (Å²) >= 11 is 0. The van der Waals surface area contributed by atoms with Gasteiger partial charge in [-0.1, -0.05) is 49.9 Å². The van der Waals surface area contributed by atoms with Gasteiger partial charge < -0.3 is 14.4 Å². The van der Waals surface area contributed by atoms with Crippen molar-refractivity contribution in [3.63, 3.8) is 0 Å². The highest BCUT2D eigenvalue weighted by atomic mass is 16.6. The van der Waals surface area contributed by atoms with Crippen molar-refractivity contribution in [2.75, 3.05) is 13.2 Å². The average Bonchev–Trinajstić information content (AvgIpc) is 3.48. The molecule has 1 aromatic rings. The Labute approximate surface area is 216 Å². The quantitative estimate of drug-likeness (QED) is 0.459. The normalized spacial score (nSPS) is 17.9. The van der Waals surface area contributed by atoms with Crippen molar-refractivity contribution < 1.29 is 23.9 Å². The average molecular weight is 501 g/mol. The molecule has 0 bridgehead atoms. The molecule has 200 valence electrons. The largest absolute Gasteiger partial charge is 0.465 e. The molecule has 2 aliphatic rings. The van der Waals surface area contributed by atoms with Gasteiger partial charge in [0.1, 0.15) is 18.2 Å². The van der Waals surface area contributed by atoms with Crippen molar-refractivity contribution >= 4 is 17.8 Å². The topological polar surface area (TPSA) is 84.9 Å². The molecule has 1 fully saturated rings. The number of esters is 2. The van der Waals surface area contributed by atoms with Crippen LogP contribution in [-0.4, -0.2) is 59.6 Å². The highest BCUT2D eigenvalue weighted by Crippen LogP contribution is 2.29. The third-order valence-electron chi connectivity index (χ3n) is 7.20. The van der Waals surface area contributed by atoms with Gasteiger partial charge in [0.25, 0.3) is 0 Å². The fourth-order valence-corrected chi connectivity index (χ4v) is 5.49. The number of hydrogen-bond acceptors (Lipinski definition) is 6. The molecule has 7 heteroatoms. The highest BCUT2D eigenvalue weighted by molar-refractivity contribution is 5.87. The summed E-state index contributed by atoms with van der Waals surface area (Å²) in [5, 5.41) is 3.25. The molecule has 7 nitrogen and oxygen atoms in total. The van der Waals surface area contributed by atoms with Gasteiger partial charge in [0.15, 0.2) is 0 Å². The molecule has 1 saturated carbocycles. The van der Waals surface area contributed by atoms with Crippen molar-refractivity contribution in [3.05, 3.63) is 35.4 Å². The zero-order chi connectivity index (χ0) is 26.3. The van der Waals surface area contributed by atoms with Crippen LogP contribution >= 0.6 is 0 Å². The lowest BCUT2D eigenvalue weighted by Crippen LogP contribution is -2.55. The maximum atomic E-state index is 13.8. The first-order valence-corrected chi connectivity index (χ1v) is 13.6. The number of rotatable bonds is 11. The fraction of sp³-hybridized carbons (Fsp3) is 0.690. The number of carbonyl (C=O) groups excluding carboxylic acids is 3. The Bertz CT molecular complexity index is 878. The Balaban J connectivity index is 1.72. The maximum absolute atomic E-state index is 13.8. The smallest absolute Gasteiger partial charge is 0.326 e. The molecule has 0 spiro atoms. The standard InChI is InChI=1S/C29H44N2O5/c1-6-35-28(34)25(16-15-21-11-7-8-12-21)30-20(2)27(33)31(19-26(32)36-29(3,4)5)24-17-22-13-9-10-14-23(22)18-24/h9-10,13-14,20-21,24-25,30H,6-8,11-12,15-19H2,1-5H3/t20-,25+/m0/s1. The van der Waals surface area contributed by atoms with Gasteiger partial charge in [-0.3, -0.25) is 19.7 Å². The minimum atomic E-state index is -0.644. The van der Waals surface area contributed by atoms with Crippen molar-refractivity contribution in [2.24, 2.45) is 5.92 Å². The van der Waals surface area contributed by atoms with Crippen molar-refractivity contribution in [2.45, 2.75) is 110 Å². The Morgan fingerprint density at radius 2 is 1.69 bits per heavy atom. The van der Waals surface area contributed by atoms with Crippen LogP contribution in [0.5, 0.6) is 0 Å². The Kier molecular flexibility index (Phi) is 9.94. The molecule has 0 unspecified atom stereocenters. The molecule has 0 aliphatic heterocycles. The molecule has 1 aromatic carbocycles. The lowest BCUT2D eigenvalue weighted by Gasteiger charge is -2.33. The number of nitrogens with zero attached hydrogens (tertiary/aromatic N) is 1. The third kappa shape index (κ3) is 8.05. The first-order chi connectivity index (χ1) is 17.1. The zero-order valence-electron chi connectivity index (χ0n) is 22.7. The zero-order valence-corrected chi connectivity index (χ0v) is 22.7. The summed E-state index contributed by atoms with van der Waals surface area (Å²) in [7, 11) is 0. The Morgan fingerprint density at radius 1 is 1.08 bits per heavy atom. The molecule has 2 aliphatic carbocycles. The molecule has 1 N–H and O–H groups in total. The van der Waals surface area contributed by atoms with Gasteiger partial charge >= 0.3 is 11.9 Å². The first kappa shape index (κ1) is 28.2. The summed E-state index contributed by atoms with van der Waals surface area (Å²) in [6.45, 7) is 9.21. The summed E-state index contributed by atoms with van der Waals surface area (Å²) < 4.78 is 10.9. The van der Waals surface area contributed by atoms with Gasteiger partial charge in [0.2, 0.25) is 5.91 Å². The summed E-state index contributed by atoms with van der Waals surface area (Å²) in [5.74, 6) is -0.312. The van der Waals surface area contributed by atoms with E-state index in [9.17, 15) is 14.4 Å². The number of hydrogen-bond donors (Lipinski definition) is 1. The Morgan fingerprint density at radius 3 is 2.25 bits per heavy atom. The number of ether oxygens (including phenoxy) is 2. The van der Waals surface area contributed by atoms with E-state index >= 15 is 0 Å². The van der Waals surface area contributed by atoms with E-state index in [1.54, 1.807) is 18.7 Å². The van der Waals surface area contributed by atoms with Crippen LogP contribution < -0.4 is 5.32 Å². The van der Waals surface area contributed by atoms with E-state index in [-0.39, 0.29) is 24.5 Å². The van der Waals surface area contributed by atoms with Gasteiger partial charge in [0, 0.05) is 6.04 Å². The summed E-state index contributed by atoms with van der Waals surface area (Å²) in [5.41, 5.74) is 1.76. The SMILES string of the molecule is CCOC(=O)[C@@H](CCC1CCCC1)N[C@@H](C)C(=O)N(CC(=O)OC(C)(C)C)C1Cc2ccccc2C1. The second-order valence-corrected chi connectivity index (χ2v) is 11.3. The predicted molar refractivity (Wildman–Crippen MR) is 139 cm³/mol. The van der Waals surface area contributed by atoms with E-state index in [2.05, 4.69) is 17.4 Å². The van der Waals surface area contributed by atoms with Crippen molar-refractivity contribution in [1.29, 1.82) is 0 Å². The van der Waals surface area contributed by atoms with Crippen LogP contribution in [0.1, 0.15) is 84.3 Å². The number of benzene rings is 1. The second-order valence-electron chi connectivity index (χ2n) is 11.3.